The number of halogens is 4. The van der Waals surface area contributed by atoms with Crippen LogP contribution in [0.1, 0.15) is 56.2 Å². The predicted octanol–water partition coefficient (Wildman–Crippen LogP) is 5.76. The number of alkyl halides is 3. The van der Waals surface area contributed by atoms with E-state index in [4.69, 9.17) is 16.3 Å². The van der Waals surface area contributed by atoms with E-state index in [-0.39, 0.29) is 67.4 Å². The Morgan fingerprint density at radius 3 is 2.36 bits per heavy atom. The fourth-order valence-corrected chi connectivity index (χ4v) is 7.07. The molecule has 2 atom stereocenters. The van der Waals surface area contributed by atoms with Gasteiger partial charge in [0.1, 0.15) is 11.5 Å². The monoisotopic (exact) mass is 715 g/mol. The number of likely N-dealkylation sites (tertiary alicyclic amines) is 1. The molecule has 2 aromatic carbocycles. The van der Waals surface area contributed by atoms with E-state index >= 15 is 0 Å². The van der Waals surface area contributed by atoms with Gasteiger partial charge >= 0.3 is 12.3 Å². The summed E-state index contributed by atoms with van der Waals surface area (Å²) < 4.78 is 50.2. The van der Waals surface area contributed by atoms with E-state index in [0.29, 0.717) is 5.69 Å². The van der Waals surface area contributed by atoms with E-state index in [9.17, 15) is 37.8 Å². The second kappa shape index (κ2) is 13.4. The van der Waals surface area contributed by atoms with Crippen LogP contribution in [0, 0.1) is 0 Å². The molecule has 4 heterocycles. The molecule has 50 heavy (non-hydrogen) atoms. The molecule has 1 unspecified atom stereocenters. The maximum atomic E-state index is 13.8. The molecule has 11 nitrogen and oxygen atoms in total. The molecule has 0 spiro atoms. The Balaban J connectivity index is 1.15. The third-order valence-corrected chi connectivity index (χ3v) is 9.85. The molecule has 0 radical (unpaired) electrons. The molecular formula is C35H37ClF3N5O6. The van der Waals surface area contributed by atoms with Gasteiger partial charge < -0.3 is 19.8 Å². The van der Waals surface area contributed by atoms with Gasteiger partial charge in [-0.05, 0) is 56.0 Å². The van der Waals surface area contributed by atoms with Crippen LogP contribution in [0.2, 0.25) is 5.15 Å². The van der Waals surface area contributed by atoms with E-state index in [0.717, 1.165) is 5.56 Å². The van der Waals surface area contributed by atoms with Crippen molar-refractivity contribution in [2.75, 3.05) is 26.2 Å². The molecular weight excluding hydrogens is 679 g/mol. The maximum Gasteiger partial charge on any atom is 0.407 e. The fourth-order valence-electron chi connectivity index (χ4n) is 6.79. The van der Waals surface area contributed by atoms with Gasteiger partial charge in [-0.3, -0.25) is 23.6 Å². The molecule has 0 saturated carbocycles. The van der Waals surface area contributed by atoms with Crippen LogP contribution in [-0.4, -0.2) is 89.8 Å². The minimum absolute atomic E-state index is 0.0147. The van der Waals surface area contributed by atoms with Crippen molar-refractivity contribution in [3.05, 3.63) is 93.6 Å². The number of morpholine rings is 1. The molecule has 2 aliphatic heterocycles. The predicted molar refractivity (Wildman–Crippen MR) is 178 cm³/mol. The number of aromatic nitrogens is 3. The summed E-state index contributed by atoms with van der Waals surface area (Å²) in [7, 11) is 0. The number of carbonyl (C=O) groups excluding carboxylic acids is 1. The van der Waals surface area contributed by atoms with Gasteiger partial charge in [-0.2, -0.15) is 13.2 Å². The highest BCUT2D eigenvalue weighted by Gasteiger charge is 2.44. The van der Waals surface area contributed by atoms with Crippen LogP contribution in [0.4, 0.5) is 18.0 Å². The smallest absolute Gasteiger partial charge is 0.407 e. The van der Waals surface area contributed by atoms with Crippen molar-refractivity contribution in [1.29, 1.82) is 0 Å². The quantitative estimate of drug-likeness (QED) is 0.249. The number of amides is 2. The number of carboxylic acid groups (broad SMARTS) is 1. The van der Waals surface area contributed by atoms with E-state index in [1.165, 1.54) is 51.0 Å². The number of ether oxygens (including phenoxy) is 1. The lowest BCUT2D eigenvalue weighted by molar-refractivity contribution is -0.162. The number of carbonyl (C=O) groups is 2. The number of piperidine rings is 1. The molecule has 266 valence electrons. The average molecular weight is 716 g/mol. The lowest BCUT2D eigenvalue weighted by atomic mass is 9.89. The Kier molecular flexibility index (Phi) is 9.48. The number of aliphatic hydroxyl groups is 1. The molecule has 0 aliphatic carbocycles. The lowest BCUT2D eigenvalue weighted by Crippen LogP contribution is -2.51. The lowest BCUT2D eigenvalue weighted by Gasteiger charge is -2.42. The molecule has 15 heteroatoms. The molecule has 2 amide bonds. The zero-order valence-corrected chi connectivity index (χ0v) is 28.2. The highest BCUT2D eigenvalue weighted by Crippen LogP contribution is 2.38. The zero-order chi connectivity index (χ0) is 36.0. The molecule has 4 aromatic rings. The molecule has 2 saturated heterocycles. The van der Waals surface area contributed by atoms with Gasteiger partial charge in [0, 0.05) is 25.2 Å². The highest BCUT2D eigenvalue weighted by atomic mass is 35.5. The molecule has 2 aromatic heterocycles. The van der Waals surface area contributed by atoms with E-state index in [1.807, 2.05) is 13.8 Å². The molecule has 2 fully saturated rings. The molecule has 0 bridgehead atoms. The molecule has 2 N–H and O–H groups in total. The average Bonchev–Trinajstić information content (AvgIpc) is 3.41. The van der Waals surface area contributed by atoms with Crippen LogP contribution in [0.3, 0.4) is 0 Å². The zero-order valence-electron chi connectivity index (χ0n) is 27.4. The van der Waals surface area contributed by atoms with Crippen molar-refractivity contribution >= 4 is 34.6 Å². The van der Waals surface area contributed by atoms with Gasteiger partial charge in [-0.15, -0.1) is 0 Å². The summed E-state index contributed by atoms with van der Waals surface area (Å²) in [5, 5.41) is 21.6. The standard InChI is InChI=1S/C35H37ClF3N5O6/c1-33(2)19-43(32(47)48)27(18-50-33)23-8-10-24(11-9-23)44-28(36)16-25-30(44)40-21-42(31(25)46)20-34(49)12-14-41(15-13-34)29(45)17-26(35(37,38)39)22-6-4-3-5-7-22/h3-11,16,21,26-27,49H,12-15,17-20H2,1-2H3,(H,47,48)/t26?,27-/m1/s1. The summed E-state index contributed by atoms with van der Waals surface area (Å²) in [6.07, 6.45) is -4.96. The number of benzene rings is 2. The second-order valence-corrected chi connectivity index (χ2v) is 14.0. The van der Waals surface area contributed by atoms with Crippen molar-refractivity contribution in [3.8, 4) is 5.69 Å². The third-order valence-electron chi connectivity index (χ3n) is 9.57. The van der Waals surface area contributed by atoms with Gasteiger partial charge in [-0.25, -0.2) is 9.78 Å². The summed E-state index contributed by atoms with van der Waals surface area (Å²) in [5.74, 6) is -2.59. The van der Waals surface area contributed by atoms with Gasteiger partial charge in [0.15, 0.2) is 5.65 Å². The minimum Gasteiger partial charge on any atom is -0.465 e. The van der Waals surface area contributed by atoms with Crippen molar-refractivity contribution in [3.63, 3.8) is 0 Å². The summed E-state index contributed by atoms with van der Waals surface area (Å²) >= 11 is 6.59. The topological polar surface area (TPSA) is 130 Å². The van der Waals surface area contributed by atoms with Crippen molar-refractivity contribution in [2.24, 2.45) is 0 Å². The minimum atomic E-state index is -4.60. The first-order chi connectivity index (χ1) is 23.6. The van der Waals surface area contributed by atoms with Crippen LogP contribution in [0.5, 0.6) is 0 Å². The number of rotatable bonds is 7. The summed E-state index contributed by atoms with van der Waals surface area (Å²) in [6, 6.07) is 15.4. The van der Waals surface area contributed by atoms with Gasteiger partial charge in [0.25, 0.3) is 5.56 Å². The summed E-state index contributed by atoms with van der Waals surface area (Å²) in [4.78, 5) is 45.6. The van der Waals surface area contributed by atoms with Crippen LogP contribution >= 0.6 is 11.6 Å². The van der Waals surface area contributed by atoms with Crippen molar-refractivity contribution in [2.45, 2.75) is 69.0 Å². The van der Waals surface area contributed by atoms with Crippen molar-refractivity contribution in [1.82, 2.24) is 23.9 Å². The van der Waals surface area contributed by atoms with Crippen molar-refractivity contribution < 1.29 is 37.7 Å². The van der Waals surface area contributed by atoms with Gasteiger partial charge in [0.05, 0.1) is 48.2 Å². The van der Waals surface area contributed by atoms with Gasteiger partial charge in [-0.1, -0.05) is 54.1 Å². The summed E-state index contributed by atoms with van der Waals surface area (Å²) in [5.41, 5.74) is -0.842. The number of nitrogens with zero attached hydrogens (tertiary/aromatic N) is 5. The number of fused-ring (bicyclic) bond motifs is 1. The number of hydrogen-bond acceptors (Lipinski definition) is 6. The Labute approximate surface area is 290 Å². The largest absolute Gasteiger partial charge is 0.465 e. The Hall–Kier alpha value is -4.40. The van der Waals surface area contributed by atoms with Crippen LogP contribution < -0.4 is 5.56 Å². The maximum absolute atomic E-state index is 13.8. The van der Waals surface area contributed by atoms with Gasteiger partial charge in [0.2, 0.25) is 5.91 Å². The highest BCUT2D eigenvalue weighted by molar-refractivity contribution is 6.31. The SMILES string of the molecule is CC1(C)CN(C(=O)O)[C@@H](c2ccc(-n3c(Cl)cc4c(=O)n(CC5(O)CCN(C(=O)CC(c6ccccc6)C(F)(F)F)CC5)cnc43)cc2)CO1. The first-order valence-electron chi connectivity index (χ1n) is 16.2. The fraction of sp³-hybridized carbons (Fsp3) is 0.429. The van der Waals surface area contributed by atoms with E-state index in [1.54, 1.807) is 34.9 Å². The summed E-state index contributed by atoms with van der Waals surface area (Å²) in [6.45, 7) is 4.01. The Bertz CT molecular complexity index is 1940. The normalized spacial score (nSPS) is 19.8. The van der Waals surface area contributed by atoms with Crippen LogP contribution in [-0.2, 0) is 16.1 Å². The third kappa shape index (κ3) is 7.23. The Morgan fingerprint density at radius 1 is 1.08 bits per heavy atom. The number of hydrogen-bond donors (Lipinski definition) is 2. The van der Waals surface area contributed by atoms with E-state index < -0.39 is 53.3 Å². The first-order valence-corrected chi connectivity index (χ1v) is 16.6. The second-order valence-electron chi connectivity index (χ2n) is 13.6. The van der Waals surface area contributed by atoms with Crippen LogP contribution in [0.15, 0.2) is 71.8 Å². The molecule has 2 aliphatic rings. The first kappa shape index (κ1) is 35.4. The van der Waals surface area contributed by atoms with E-state index in [2.05, 4.69) is 4.98 Å². The molecule has 6 rings (SSSR count). The Morgan fingerprint density at radius 2 is 1.74 bits per heavy atom. The van der Waals surface area contributed by atoms with Crippen LogP contribution in [0.25, 0.3) is 16.7 Å².